The molecule has 2 heterocycles. The lowest BCUT2D eigenvalue weighted by Crippen LogP contribution is -2.31. The Kier molecular flexibility index (Phi) is 3.76. The molecule has 1 aliphatic rings. The highest BCUT2D eigenvalue weighted by Crippen LogP contribution is 2.44. The number of hydrogen-bond acceptors (Lipinski definition) is 3. The summed E-state index contributed by atoms with van der Waals surface area (Å²) in [5.41, 5.74) is 0.851. The van der Waals surface area contributed by atoms with Crippen molar-refractivity contribution in [2.75, 3.05) is 0 Å². The first-order chi connectivity index (χ1) is 8.70. The van der Waals surface area contributed by atoms with Crippen LogP contribution in [0.2, 0.25) is 0 Å². The molecule has 1 fully saturated rings. The van der Waals surface area contributed by atoms with Crippen LogP contribution in [0.1, 0.15) is 59.7 Å². The molecule has 1 saturated heterocycles. The van der Waals surface area contributed by atoms with E-state index in [1.54, 1.807) is 0 Å². The maximum Gasteiger partial charge on any atom is 0.0857 e. The van der Waals surface area contributed by atoms with Gasteiger partial charge in [-0.15, -0.1) is 0 Å². The molecular weight excluding hydrogens is 238 g/mol. The fraction of sp³-hybridized carbons (Fsp3) is 0.800. The Bertz CT molecular complexity index is 434. The van der Waals surface area contributed by atoms with E-state index in [-0.39, 0.29) is 11.2 Å². The highest BCUT2D eigenvalue weighted by molar-refractivity contribution is 5.04. The second kappa shape index (κ2) is 4.91. The smallest absolute Gasteiger partial charge is 0.0857 e. The van der Waals surface area contributed by atoms with Gasteiger partial charge in [-0.2, -0.15) is 5.10 Å². The van der Waals surface area contributed by atoms with Gasteiger partial charge in [0.1, 0.15) is 0 Å². The number of ether oxygens (including phenoxy) is 1. The summed E-state index contributed by atoms with van der Waals surface area (Å²) in [6.45, 7) is 13.7. The van der Waals surface area contributed by atoms with Crippen molar-refractivity contribution < 1.29 is 4.74 Å². The van der Waals surface area contributed by atoms with Gasteiger partial charge in [0.05, 0.1) is 22.9 Å². The third-order valence-electron chi connectivity index (χ3n) is 3.70. The first-order valence-electron chi connectivity index (χ1n) is 7.17. The van der Waals surface area contributed by atoms with Crippen LogP contribution in [0.25, 0.3) is 0 Å². The third-order valence-corrected chi connectivity index (χ3v) is 3.70. The first-order valence-corrected chi connectivity index (χ1v) is 7.17. The molecule has 1 aromatic heterocycles. The molecule has 1 N–H and O–H groups in total. The molecular formula is C15H27N3O. The van der Waals surface area contributed by atoms with Gasteiger partial charge >= 0.3 is 0 Å². The maximum atomic E-state index is 6.13. The molecule has 0 radical (unpaired) electrons. The van der Waals surface area contributed by atoms with Gasteiger partial charge in [0.15, 0.2) is 0 Å². The molecule has 19 heavy (non-hydrogen) atoms. The van der Waals surface area contributed by atoms with Gasteiger partial charge in [-0.1, -0.05) is 13.8 Å². The summed E-state index contributed by atoms with van der Waals surface area (Å²) in [5.74, 6) is 0. The summed E-state index contributed by atoms with van der Waals surface area (Å²) < 4.78 is 8.21. The Hall–Kier alpha value is -0.870. The van der Waals surface area contributed by atoms with Crippen LogP contribution in [0.4, 0.5) is 0 Å². The fourth-order valence-electron chi connectivity index (χ4n) is 2.90. The van der Waals surface area contributed by atoms with Crippen LogP contribution in [0.5, 0.6) is 0 Å². The molecule has 0 bridgehead atoms. The molecule has 2 rings (SSSR count). The Morgan fingerprint density at radius 1 is 1.42 bits per heavy atom. The van der Waals surface area contributed by atoms with Crippen LogP contribution >= 0.6 is 0 Å². The second-order valence-corrected chi connectivity index (χ2v) is 7.01. The Morgan fingerprint density at radius 3 is 2.63 bits per heavy atom. The lowest BCUT2D eigenvalue weighted by atomic mass is 9.95. The minimum atomic E-state index is -0.168. The zero-order chi connectivity index (χ0) is 14.3. The quantitative estimate of drug-likeness (QED) is 0.910. The van der Waals surface area contributed by atoms with Crippen molar-refractivity contribution in [1.29, 1.82) is 0 Å². The summed E-state index contributed by atoms with van der Waals surface area (Å²) in [6.07, 6.45) is 3.08. The van der Waals surface area contributed by atoms with E-state index in [1.807, 2.05) is 0 Å². The van der Waals surface area contributed by atoms with Crippen molar-refractivity contribution in [2.24, 2.45) is 0 Å². The van der Waals surface area contributed by atoms with E-state index in [9.17, 15) is 0 Å². The van der Waals surface area contributed by atoms with Crippen molar-refractivity contribution in [3.05, 3.63) is 18.0 Å². The van der Waals surface area contributed by atoms with E-state index in [0.717, 1.165) is 18.7 Å². The lowest BCUT2D eigenvalue weighted by molar-refractivity contribution is -0.0737. The molecule has 1 atom stereocenters. The molecule has 4 nitrogen and oxygen atoms in total. The first kappa shape index (κ1) is 14.5. The topological polar surface area (TPSA) is 39.1 Å². The predicted molar refractivity (Wildman–Crippen MR) is 77.1 cm³/mol. The molecule has 0 spiro atoms. The van der Waals surface area contributed by atoms with E-state index in [0.29, 0.717) is 12.1 Å². The SMILES string of the molecule is CC(C)NCc1ccn(C2CC(C)(C)OC2(C)C)n1. The zero-order valence-corrected chi connectivity index (χ0v) is 13.0. The van der Waals surface area contributed by atoms with Crippen LogP contribution < -0.4 is 5.32 Å². The standard InChI is InChI=1S/C15H27N3O/c1-11(2)16-10-12-7-8-18(17-12)13-9-14(3,4)19-15(13,5)6/h7-8,11,13,16H,9-10H2,1-6H3. The lowest BCUT2D eigenvalue weighted by Gasteiger charge is -2.27. The normalized spacial score (nSPS) is 25.1. The van der Waals surface area contributed by atoms with Crippen LogP contribution in [0.3, 0.4) is 0 Å². The van der Waals surface area contributed by atoms with Gasteiger partial charge in [0.25, 0.3) is 0 Å². The monoisotopic (exact) mass is 265 g/mol. The van der Waals surface area contributed by atoms with Gasteiger partial charge in [0.2, 0.25) is 0 Å². The largest absolute Gasteiger partial charge is 0.367 e. The van der Waals surface area contributed by atoms with Crippen molar-refractivity contribution in [3.8, 4) is 0 Å². The average Bonchev–Trinajstić information content (AvgIpc) is 2.77. The molecule has 1 unspecified atom stereocenters. The second-order valence-electron chi connectivity index (χ2n) is 7.01. The number of rotatable bonds is 4. The van der Waals surface area contributed by atoms with Crippen molar-refractivity contribution in [3.63, 3.8) is 0 Å². The van der Waals surface area contributed by atoms with Crippen molar-refractivity contribution >= 4 is 0 Å². The number of hydrogen-bond donors (Lipinski definition) is 1. The van der Waals surface area contributed by atoms with Gasteiger partial charge in [0, 0.05) is 25.2 Å². The van der Waals surface area contributed by atoms with E-state index in [4.69, 9.17) is 9.84 Å². The number of nitrogens with one attached hydrogen (secondary N) is 1. The molecule has 0 amide bonds. The highest BCUT2D eigenvalue weighted by Gasteiger charge is 2.47. The zero-order valence-electron chi connectivity index (χ0n) is 13.0. The summed E-state index contributed by atoms with van der Waals surface area (Å²) in [5, 5.41) is 8.10. The van der Waals surface area contributed by atoms with Crippen LogP contribution in [-0.4, -0.2) is 27.0 Å². The summed E-state index contributed by atoms with van der Waals surface area (Å²) >= 11 is 0. The summed E-state index contributed by atoms with van der Waals surface area (Å²) in [7, 11) is 0. The molecule has 108 valence electrons. The van der Waals surface area contributed by atoms with Crippen LogP contribution in [0, 0.1) is 0 Å². The van der Waals surface area contributed by atoms with E-state index < -0.39 is 0 Å². The Morgan fingerprint density at radius 2 is 2.11 bits per heavy atom. The molecule has 4 heteroatoms. The molecule has 1 aliphatic heterocycles. The Balaban J connectivity index is 2.10. The number of nitrogens with zero attached hydrogens (tertiary/aromatic N) is 2. The molecule has 0 aliphatic carbocycles. The molecule has 0 saturated carbocycles. The van der Waals surface area contributed by atoms with Gasteiger partial charge in [-0.3, -0.25) is 4.68 Å². The maximum absolute atomic E-state index is 6.13. The van der Waals surface area contributed by atoms with Crippen molar-refractivity contribution in [2.45, 2.75) is 77.8 Å². The van der Waals surface area contributed by atoms with E-state index in [2.05, 4.69) is 63.8 Å². The van der Waals surface area contributed by atoms with E-state index in [1.165, 1.54) is 0 Å². The highest BCUT2D eigenvalue weighted by atomic mass is 16.5. The van der Waals surface area contributed by atoms with Gasteiger partial charge in [-0.05, 0) is 33.8 Å². The summed E-state index contributed by atoms with van der Waals surface area (Å²) in [4.78, 5) is 0. The van der Waals surface area contributed by atoms with E-state index >= 15 is 0 Å². The molecule has 1 aromatic rings. The van der Waals surface area contributed by atoms with Crippen LogP contribution in [-0.2, 0) is 11.3 Å². The van der Waals surface area contributed by atoms with Crippen LogP contribution in [0.15, 0.2) is 12.3 Å². The van der Waals surface area contributed by atoms with Gasteiger partial charge < -0.3 is 10.1 Å². The third kappa shape index (κ3) is 3.37. The Labute approximate surface area is 116 Å². The van der Waals surface area contributed by atoms with Crippen molar-refractivity contribution in [1.82, 2.24) is 15.1 Å². The minimum Gasteiger partial charge on any atom is -0.367 e. The summed E-state index contributed by atoms with van der Waals surface area (Å²) in [6, 6.07) is 2.88. The molecule has 0 aromatic carbocycles. The average molecular weight is 265 g/mol. The fourth-order valence-corrected chi connectivity index (χ4v) is 2.90. The minimum absolute atomic E-state index is 0.0730. The predicted octanol–water partition coefficient (Wildman–Crippen LogP) is 2.90. The van der Waals surface area contributed by atoms with Gasteiger partial charge in [-0.25, -0.2) is 0 Å². The number of aromatic nitrogens is 2.